The smallest absolute Gasteiger partial charge is 0.237 e. The molecule has 1 atom stereocenters. The summed E-state index contributed by atoms with van der Waals surface area (Å²) in [6.07, 6.45) is 0.848. The molecule has 1 unspecified atom stereocenters. The number of hydrogen-bond acceptors (Lipinski definition) is 2. The number of nitrogens with one attached hydrogen (secondary N) is 1. The molecule has 0 aromatic carbocycles. The van der Waals surface area contributed by atoms with Crippen LogP contribution in [0.4, 0.5) is 0 Å². The predicted molar refractivity (Wildman–Crippen MR) is 40.9 cm³/mol. The van der Waals surface area contributed by atoms with Gasteiger partial charge in [0.2, 0.25) is 5.91 Å². The summed E-state index contributed by atoms with van der Waals surface area (Å²) in [5.41, 5.74) is 2.16. The summed E-state index contributed by atoms with van der Waals surface area (Å²) in [5.74, 6) is 5.36. The van der Waals surface area contributed by atoms with Crippen molar-refractivity contribution in [3.63, 3.8) is 0 Å². The molecule has 0 rings (SSSR count). The molecule has 3 nitrogen and oxygen atoms in total. The fourth-order valence-corrected chi connectivity index (χ4v) is 1.07. The molecule has 0 spiro atoms. The molecular formula is C7H16N2O. The van der Waals surface area contributed by atoms with Crippen LogP contribution in [0, 0.1) is 11.8 Å². The van der Waals surface area contributed by atoms with Crippen molar-refractivity contribution in [2.75, 3.05) is 0 Å². The number of rotatable bonds is 3. The van der Waals surface area contributed by atoms with Crippen molar-refractivity contribution >= 4 is 5.91 Å². The molecule has 0 saturated heterocycles. The molecule has 60 valence electrons. The van der Waals surface area contributed by atoms with E-state index in [-0.39, 0.29) is 11.8 Å². The molecule has 0 aromatic heterocycles. The van der Waals surface area contributed by atoms with E-state index >= 15 is 0 Å². The summed E-state index contributed by atoms with van der Waals surface area (Å²) in [6.45, 7) is 6.02. The number of nitrogens with two attached hydrogens (primary N) is 1. The Labute approximate surface area is 62.0 Å². The molecule has 0 heterocycles. The number of hydrogen-bond donors (Lipinski definition) is 2. The second kappa shape index (κ2) is 4.28. The zero-order chi connectivity index (χ0) is 8.15. The Hall–Kier alpha value is -0.570. The minimum atomic E-state index is -0.0579. The van der Waals surface area contributed by atoms with Gasteiger partial charge >= 0.3 is 0 Å². The molecule has 1 amide bonds. The summed E-state index contributed by atoms with van der Waals surface area (Å²) >= 11 is 0. The highest BCUT2D eigenvalue weighted by atomic mass is 16.2. The van der Waals surface area contributed by atoms with Crippen LogP contribution in [-0.4, -0.2) is 5.91 Å². The van der Waals surface area contributed by atoms with Gasteiger partial charge in [-0.3, -0.25) is 10.2 Å². The molecule has 0 aromatic rings. The van der Waals surface area contributed by atoms with Gasteiger partial charge in [-0.25, -0.2) is 5.84 Å². The molecule has 0 radical (unpaired) electrons. The van der Waals surface area contributed by atoms with Crippen LogP contribution >= 0.6 is 0 Å². The zero-order valence-electron chi connectivity index (χ0n) is 6.85. The van der Waals surface area contributed by atoms with Crippen LogP contribution in [-0.2, 0) is 4.79 Å². The Morgan fingerprint density at radius 2 is 2.10 bits per heavy atom. The summed E-state index contributed by atoms with van der Waals surface area (Å²) in [7, 11) is 0. The van der Waals surface area contributed by atoms with E-state index in [1.54, 1.807) is 0 Å². The maximum absolute atomic E-state index is 10.9. The lowest BCUT2D eigenvalue weighted by molar-refractivity contribution is -0.126. The minimum Gasteiger partial charge on any atom is -0.294 e. The van der Waals surface area contributed by atoms with Gasteiger partial charge < -0.3 is 0 Å². The van der Waals surface area contributed by atoms with Crippen molar-refractivity contribution in [3.8, 4) is 0 Å². The molecule has 0 aliphatic heterocycles. The largest absolute Gasteiger partial charge is 0.294 e. The molecule has 0 bridgehead atoms. The first-order valence-corrected chi connectivity index (χ1v) is 3.63. The maximum atomic E-state index is 10.9. The lowest BCUT2D eigenvalue weighted by atomic mass is 9.93. The normalized spacial score (nSPS) is 13.3. The van der Waals surface area contributed by atoms with Crippen molar-refractivity contribution in [1.82, 2.24) is 5.43 Å². The molecule has 0 aliphatic carbocycles. The Morgan fingerprint density at radius 1 is 1.60 bits per heavy atom. The fraction of sp³-hybridized carbons (Fsp3) is 0.857. The van der Waals surface area contributed by atoms with Crippen LogP contribution in [0.2, 0.25) is 0 Å². The first-order chi connectivity index (χ1) is 4.63. The minimum absolute atomic E-state index is 0.0579. The van der Waals surface area contributed by atoms with Crippen LogP contribution in [0.3, 0.4) is 0 Å². The van der Waals surface area contributed by atoms with Gasteiger partial charge in [0.1, 0.15) is 0 Å². The first-order valence-electron chi connectivity index (χ1n) is 3.63. The van der Waals surface area contributed by atoms with Crippen molar-refractivity contribution in [2.24, 2.45) is 17.7 Å². The highest BCUT2D eigenvalue weighted by Gasteiger charge is 2.18. The number of carbonyl (C=O) groups excluding carboxylic acids is 1. The van der Waals surface area contributed by atoms with Gasteiger partial charge in [0, 0.05) is 5.92 Å². The Balaban J connectivity index is 3.93. The molecule has 0 aliphatic rings. The fourth-order valence-electron chi connectivity index (χ4n) is 1.07. The van der Waals surface area contributed by atoms with Crippen molar-refractivity contribution in [3.05, 3.63) is 0 Å². The van der Waals surface area contributed by atoms with Gasteiger partial charge in [-0.05, 0) is 12.3 Å². The average Bonchev–Trinajstić information content (AvgIpc) is 1.88. The van der Waals surface area contributed by atoms with E-state index < -0.39 is 0 Å². The first kappa shape index (κ1) is 9.43. The Morgan fingerprint density at radius 3 is 2.20 bits per heavy atom. The zero-order valence-corrected chi connectivity index (χ0v) is 6.85. The molecule has 0 fully saturated rings. The topological polar surface area (TPSA) is 55.1 Å². The third-order valence-corrected chi connectivity index (χ3v) is 1.72. The van der Waals surface area contributed by atoms with Crippen LogP contribution in [0.15, 0.2) is 0 Å². The van der Waals surface area contributed by atoms with Crippen LogP contribution in [0.5, 0.6) is 0 Å². The number of carbonyl (C=O) groups is 1. The SMILES string of the molecule is CCC(C(=O)NN)C(C)C. The Kier molecular flexibility index (Phi) is 4.03. The van der Waals surface area contributed by atoms with Crippen molar-refractivity contribution in [2.45, 2.75) is 27.2 Å². The highest BCUT2D eigenvalue weighted by Crippen LogP contribution is 2.13. The monoisotopic (exact) mass is 144 g/mol. The second-order valence-corrected chi connectivity index (χ2v) is 2.77. The van der Waals surface area contributed by atoms with Crippen molar-refractivity contribution in [1.29, 1.82) is 0 Å². The van der Waals surface area contributed by atoms with Crippen LogP contribution in [0.25, 0.3) is 0 Å². The van der Waals surface area contributed by atoms with Gasteiger partial charge in [-0.2, -0.15) is 0 Å². The number of amides is 1. The van der Waals surface area contributed by atoms with Gasteiger partial charge in [-0.1, -0.05) is 20.8 Å². The van der Waals surface area contributed by atoms with Crippen molar-refractivity contribution < 1.29 is 4.79 Å². The van der Waals surface area contributed by atoms with Gasteiger partial charge in [-0.15, -0.1) is 0 Å². The van der Waals surface area contributed by atoms with Crippen LogP contribution in [0.1, 0.15) is 27.2 Å². The molecule has 10 heavy (non-hydrogen) atoms. The lowest BCUT2D eigenvalue weighted by Crippen LogP contribution is -2.37. The summed E-state index contributed by atoms with van der Waals surface area (Å²) in [4.78, 5) is 10.9. The standard InChI is InChI=1S/C7H16N2O/c1-4-6(5(2)3)7(10)9-8/h5-6H,4,8H2,1-3H3,(H,9,10). The molecule has 0 saturated carbocycles. The van der Waals surface area contributed by atoms with Gasteiger partial charge in [0.25, 0.3) is 0 Å². The quantitative estimate of drug-likeness (QED) is 0.347. The van der Waals surface area contributed by atoms with Crippen LogP contribution < -0.4 is 11.3 Å². The van der Waals surface area contributed by atoms with E-state index in [1.807, 2.05) is 20.8 Å². The highest BCUT2D eigenvalue weighted by molar-refractivity contribution is 5.78. The van der Waals surface area contributed by atoms with E-state index in [1.165, 1.54) is 0 Å². The second-order valence-electron chi connectivity index (χ2n) is 2.77. The summed E-state index contributed by atoms with van der Waals surface area (Å²) < 4.78 is 0. The third-order valence-electron chi connectivity index (χ3n) is 1.72. The number of hydrazine groups is 1. The maximum Gasteiger partial charge on any atom is 0.237 e. The molecule has 3 heteroatoms. The van der Waals surface area contributed by atoms with E-state index in [0.717, 1.165) is 6.42 Å². The van der Waals surface area contributed by atoms with Gasteiger partial charge in [0.05, 0.1) is 0 Å². The van der Waals surface area contributed by atoms with E-state index in [4.69, 9.17) is 5.84 Å². The predicted octanol–water partition coefficient (Wildman–Crippen LogP) is 0.658. The lowest BCUT2D eigenvalue weighted by Gasteiger charge is -2.15. The van der Waals surface area contributed by atoms with E-state index in [0.29, 0.717) is 5.92 Å². The summed E-state index contributed by atoms with van der Waals surface area (Å²) in [6, 6.07) is 0. The summed E-state index contributed by atoms with van der Waals surface area (Å²) in [5, 5.41) is 0. The van der Waals surface area contributed by atoms with Gasteiger partial charge in [0.15, 0.2) is 0 Å². The average molecular weight is 144 g/mol. The molecule has 3 N–H and O–H groups in total. The third kappa shape index (κ3) is 2.35. The Bertz CT molecular complexity index is 112. The molecular weight excluding hydrogens is 128 g/mol. The van der Waals surface area contributed by atoms with E-state index in [2.05, 4.69) is 5.43 Å². The van der Waals surface area contributed by atoms with E-state index in [9.17, 15) is 4.79 Å².